The van der Waals surface area contributed by atoms with Crippen LogP contribution in [-0.4, -0.2) is 41.7 Å². The zero-order chi connectivity index (χ0) is 15.8. The molecule has 0 bridgehead atoms. The molecule has 0 atom stereocenters. The largest absolute Gasteiger partial charge is 0.354 e. The Labute approximate surface area is 131 Å². The molecule has 1 N–H and O–H groups in total. The minimum atomic E-state index is -0.258. The number of hydrogen-bond acceptors (Lipinski definition) is 3. The SMILES string of the molecule is CC(C)N(CCNC(=O)CSc1ccc(F)cc1)C(C)C. The number of carbonyl (C=O) groups is 1. The molecule has 118 valence electrons. The Balaban J connectivity index is 2.26. The number of hydrogen-bond donors (Lipinski definition) is 1. The molecule has 5 heteroatoms. The van der Waals surface area contributed by atoms with Crippen molar-refractivity contribution < 1.29 is 9.18 Å². The fourth-order valence-corrected chi connectivity index (χ4v) is 2.90. The Kier molecular flexibility index (Phi) is 7.75. The summed E-state index contributed by atoms with van der Waals surface area (Å²) in [5, 5.41) is 2.93. The van der Waals surface area contributed by atoms with E-state index in [1.165, 1.54) is 23.9 Å². The standard InChI is InChI=1S/C16H25FN2OS/c1-12(2)19(13(3)4)10-9-18-16(20)11-21-15-7-5-14(17)6-8-15/h5-8,12-13H,9-11H2,1-4H3,(H,18,20). The molecule has 3 nitrogen and oxygen atoms in total. The number of carbonyl (C=O) groups excluding carboxylic acids is 1. The van der Waals surface area contributed by atoms with Crippen molar-refractivity contribution in [1.29, 1.82) is 0 Å². The molecule has 0 saturated carbocycles. The average Bonchev–Trinajstić information content (AvgIpc) is 2.42. The van der Waals surface area contributed by atoms with Crippen molar-refractivity contribution in [3.05, 3.63) is 30.1 Å². The van der Waals surface area contributed by atoms with Crippen molar-refractivity contribution in [3.8, 4) is 0 Å². The molecule has 21 heavy (non-hydrogen) atoms. The third kappa shape index (κ3) is 6.96. The molecular weight excluding hydrogens is 287 g/mol. The maximum Gasteiger partial charge on any atom is 0.230 e. The fourth-order valence-electron chi connectivity index (χ4n) is 2.17. The van der Waals surface area contributed by atoms with Gasteiger partial charge in [0.2, 0.25) is 5.91 Å². The smallest absolute Gasteiger partial charge is 0.230 e. The highest BCUT2D eigenvalue weighted by Gasteiger charge is 2.13. The van der Waals surface area contributed by atoms with Gasteiger partial charge in [-0.2, -0.15) is 0 Å². The summed E-state index contributed by atoms with van der Waals surface area (Å²) in [6.45, 7) is 10.1. The van der Waals surface area contributed by atoms with Crippen molar-refractivity contribution in [2.75, 3.05) is 18.8 Å². The van der Waals surface area contributed by atoms with Crippen LogP contribution in [0.1, 0.15) is 27.7 Å². The van der Waals surface area contributed by atoms with E-state index in [0.717, 1.165) is 11.4 Å². The molecule has 0 unspecified atom stereocenters. The average molecular weight is 312 g/mol. The zero-order valence-corrected chi connectivity index (χ0v) is 14.0. The van der Waals surface area contributed by atoms with Gasteiger partial charge in [-0.05, 0) is 52.0 Å². The Hall–Kier alpha value is -1.07. The molecule has 0 radical (unpaired) electrons. The minimum absolute atomic E-state index is 0.0109. The Morgan fingerprint density at radius 1 is 1.19 bits per heavy atom. The van der Waals surface area contributed by atoms with E-state index < -0.39 is 0 Å². The lowest BCUT2D eigenvalue weighted by atomic mass is 10.2. The first-order valence-electron chi connectivity index (χ1n) is 7.31. The predicted octanol–water partition coefficient (Wildman–Crippen LogP) is 3.15. The second-order valence-corrected chi connectivity index (χ2v) is 6.57. The number of rotatable bonds is 8. The number of benzene rings is 1. The van der Waals surface area contributed by atoms with E-state index in [1.54, 1.807) is 12.1 Å². The van der Waals surface area contributed by atoms with Crippen LogP contribution in [0.25, 0.3) is 0 Å². The Morgan fingerprint density at radius 3 is 2.29 bits per heavy atom. The lowest BCUT2D eigenvalue weighted by molar-refractivity contribution is -0.118. The number of amides is 1. The van der Waals surface area contributed by atoms with Gasteiger partial charge in [0.15, 0.2) is 0 Å². The fraction of sp³-hybridized carbons (Fsp3) is 0.562. The summed E-state index contributed by atoms with van der Waals surface area (Å²) in [5.74, 6) is 0.109. The second kappa shape index (κ2) is 9.05. The van der Waals surface area contributed by atoms with Gasteiger partial charge in [0.05, 0.1) is 5.75 Å². The van der Waals surface area contributed by atoms with Crippen LogP contribution in [0.4, 0.5) is 4.39 Å². The number of nitrogens with zero attached hydrogens (tertiary/aromatic N) is 1. The molecule has 0 spiro atoms. The molecule has 0 heterocycles. The summed E-state index contributed by atoms with van der Waals surface area (Å²) < 4.78 is 12.8. The summed E-state index contributed by atoms with van der Waals surface area (Å²) in [4.78, 5) is 15.0. The first kappa shape index (κ1) is 18.0. The number of nitrogens with one attached hydrogen (secondary N) is 1. The lowest BCUT2D eigenvalue weighted by Gasteiger charge is -2.30. The van der Waals surface area contributed by atoms with E-state index in [0.29, 0.717) is 24.4 Å². The van der Waals surface area contributed by atoms with Crippen LogP contribution in [0.15, 0.2) is 29.2 Å². The minimum Gasteiger partial charge on any atom is -0.354 e. The highest BCUT2D eigenvalue weighted by Crippen LogP contribution is 2.17. The van der Waals surface area contributed by atoms with E-state index >= 15 is 0 Å². The van der Waals surface area contributed by atoms with E-state index in [9.17, 15) is 9.18 Å². The first-order valence-corrected chi connectivity index (χ1v) is 8.29. The zero-order valence-electron chi connectivity index (χ0n) is 13.2. The molecule has 0 aliphatic rings. The number of thioether (sulfide) groups is 1. The molecule has 0 aliphatic carbocycles. The van der Waals surface area contributed by atoms with Gasteiger partial charge in [0.25, 0.3) is 0 Å². The maximum atomic E-state index is 12.8. The second-order valence-electron chi connectivity index (χ2n) is 5.52. The quantitative estimate of drug-likeness (QED) is 0.748. The van der Waals surface area contributed by atoms with Crippen LogP contribution in [-0.2, 0) is 4.79 Å². The first-order chi connectivity index (χ1) is 9.90. The van der Waals surface area contributed by atoms with Gasteiger partial charge in [-0.3, -0.25) is 9.69 Å². The predicted molar refractivity (Wildman–Crippen MR) is 87.1 cm³/mol. The molecule has 0 aliphatic heterocycles. The van der Waals surface area contributed by atoms with Crippen molar-refractivity contribution in [3.63, 3.8) is 0 Å². The van der Waals surface area contributed by atoms with Crippen LogP contribution in [0.3, 0.4) is 0 Å². The molecule has 1 amide bonds. The van der Waals surface area contributed by atoms with E-state index in [2.05, 4.69) is 37.9 Å². The maximum absolute atomic E-state index is 12.8. The highest BCUT2D eigenvalue weighted by molar-refractivity contribution is 8.00. The van der Waals surface area contributed by atoms with E-state index in [4.69, 9.17) is 0 Å². The van der Waals surface area contributed by atoms with Crippen molar-refractivity contribution in [1.82, 2.24) is 10.2 Å². The highest BCUT2D eigenvalue weighted by atomic mass is 32.2. The summed E-state index contributed by atoms with van der Waals surface area (Å²) in [5.41, 5.74) is 0. The van der Waals surface area contributed by atoms with Crippen molar-refractivity contribution >= 4 is 17.7 Å². The molecule has 1 aromatic carbocycles. The van der Waals surface area contributed by atoms with Crippen LogP contribution >= 0.6 is 11.8 Å². The third-order valence-corrected chi connectivity index (χ3v) is 4.21. The van der Waals surface area contributed by atoms with Gasteiger partial charge in [0, 0.05) is 30.1 Å². The monoisotopic (exact) mass is 312 g/mol. The van der Waals surface area contributed by atoms with Gasteiger partial charge >= 0.3 is 0 Å². The summed E-state index contributed by atoms with van der Waals surface area (Å²) in [7, 11) is 0. The van der Waals surface area contributed by atoms with Crippen LogP contribution in [0.5, 0.6) is 0 Å². The summed E-state index contributed by atoms with van der Waals surface area (Å²) in [6, 6.07) is 7.12. The van der Waals surface area contributed by atoms with Crippen molar-refractivity contribution in [2.24, 2.45) is 0 Å². The summed E-state index contributed by atoms with van der Waals surface area (Å²) in [6.07, 6.45) is 0. The number of halogens is 1. The topological polar surface area (TPSA) is 32.3 Å². The van der Waals surface area contributed by atoms with E-state index in [1.807, 2.05) is 0 Å². The van der Waals surface area contributed by atoms with Crippen LogP contribution in [0.2, 0.25) is 0 Å². The molecule has 1 rings (SSSR count). The van der Waals surface area contributed by atoms with Gasteiger partial charge in [-0.15, -0.1) is 11.8 Å². The van der Waals surface area contributed by atoms with Gasteiger partial charge in [-0.25, -0.2) is 4.39 Å². The summed E-state index contributed by atoms with van der Waals surface area (Å²) >= 11 is 1.42. The van der Waals surface area contributed by atoms with E-state index in [-0.39, 0.29) is 11.7 Å². The normalized spacial score (nSPS) is 11.4. The van der Waals surface area contributed by atoms with Crippen LogP contribution in [0, 0.1) is 5.82 Å². The molecule has 0 aromatic heterocycles. The third-order valence-electron chi connectivity index (χ3n) is 3.20. The lowest BCUT2D eigenvalue weighted by Crippen LogP contribution is -2.42. The van der Waals surface area contributed by atoms with Gasteiger partial charge < -0.3 is 5.32 Å². The van der Waals surface area contributed by atoms with Gasteiger partial charge in [-0.1, -0.05) is 0 Å². The van der Waals surface area contributed by atoms with Crippen LogP contribution < -0.4 is 5.32 Å². The molecule has 0 fully saturated rings. The van der Waals surface area contributed by atoms with Crippen molar-refractivity contribution in [2.45, 2.75) is 44.7 Å². The molecule has 0 saturated heterocycles. The molecular formula is C16H25FN2OS. The Bertz CT molecular complexity index is 426. The Morgan fingerprint density at radius 2 is 1.76 bits per heavy atom. The van der Waals surface area contributed by atoms with Gasteiger partial charge in [0.1, 0.15) is 5.82 Å². The molecule has 1 aromatic rings.